The molecule has 0 aromatic heterocycles. The van der Waals surface area contributed by atoms with Crippen LogP contribution < -0.4 is 10.1 Å². The highest BCUT2D eigenvalue weighted by atomic mass is 35.5. The smallest absolute Gasteiger partial charge is 0.416 e. The summed E-state index contributed by atoms with van der Waals surface area (Å²) in [5, 5.41) is 12.0. The minimum atomic E-state index is -4.46. The minimum Gasteiger partial charge on any atom is -0.495 e. The highest BCUT2D eigenvalue weighted by Crippen LogP contribution is 2.29. The van der Waals surface area contributed by atoms with Gasteiger partial charge in [0.1, 0.15) is 11.8 Å². The summed E-state index contributed by atoms with van der Waals surface area (Å²) < 4.78 is 42.7. The van der Waals surface area contributed by atoms with Crippen LogP contribution in [0.1, 0.15) is 16.7 Å². The number of hydrogen-bond acceptors (Lipinski definition) is 3. The number of carbonyl (C=O) groups is 2. The van der Waals surface area contributed by atoms with Crippen LogP contribution in [0.15, 0.2) is 42.5 Å². The molecule has 0 aliphatic rings. The Bertz CT molecular complexity index is 853. The van der Waals surface area contributed by atoms with Crippen molar-refractivity contribution in [2.75, 3.05) is 7.11 Å². The van der Waals surface area contributed by atoms with Crippen LogP contribution in [0.2, 0.25) is 5.02 Å². The lowest BCUT2D eigenvalue weighted by Gasteiger charge is -2.15. The van der Waals surface area contributed by atoms with Gasteiger partial charge in [0.25, 0.3) is 0 Å². The van der Waals surface area contributed by atoms with Gasteiger partial charge >= 0.3 is 12.1 Å². The average molecular weight is 416 g/mol. The van der Waals surface area contributed by atoms with Gasteiger partial charge in [-0.1, -0.05) is 29.8 Å². The number of alkyl halides is 3. The van der Waals surface area contributed by atoms with Crippen LogP contribution in [0.3, 0.4) is 0 Å². The van der Waals surface area contributed by atoms with Crippen LogP contribution >= 0.6 is 11.6 Å². The molecule has 2 N–H and O–H groups in total. The highest BCUT2D eigenvalue weighted by molar-refractivity contribution is 6.32. The van der Waals surface area contributed by atoms with Crippen LogP contribution in [0, 0.1) is 0 Å². The minimum absolute atomic E-state index is 0.0161. The van der Waals surface area contributed by atoms with Crippen molar-refractivity contribution < 1.29 is 32.6 Å². The van der Waals surface area contributed by atoms with Gasteiger partial charge in [-0.2, -0.15) is 13.2 Å². The number of hydrogen-bond donors (Lipinski definition) is 2. The third-order valence-corrected chi connectivity index (χ3v) is 4.23. The van der Waals surface area contributed by atoms with Crippen molar-refractivity contribution in [3.8, 4) is 5.75 Å². The van der Waals surface area contributed by atoms with E-state index in [1.54, 1.807) is 18.2 Å². The predicted octanol–water partition coefficient (Wildman–Crippen LogP) is 3.72. The van der Waals surface area contributed by atoms with Crippen molar-refractivity contribution in [2.45, 2.75) is 25.1 Å². The second-order valence-corrected chi connectivity index (χ2v) is 6.41. The highest BCUT2D eigenvalue weighted by Gasteiger charge is 2.30. The van der Waals surface area contributed by atoms with Crippen LogP contribution in [-0.4, -0.2) is 30.1 Å². The summed E-state index contributed by atoms with van der Waals surface area (Å²) >= 11 is 6.01. The second kappa shape index (κ2) is 8.97. The summed E-state index contributed by atoms with van der Waals surface area (Å²) in [5.41, 5.74) is 0.0895. The predicted molar refractivity (Wildman–Crippen MR) is 96.4 cm³/mol. The first kappa shape index (κ1) is 21.6. The van der Waals surface area contributed by atoms with Gasteiger partial charge in [-0.25, -0.2) is 4.79 Å². The molecule has 5 nitrogen and oxygen atoms in total. The maximum Gasteiger partial charge on any atom is 0.416 e. The maximum atomic E-state index is 12.6. The fourth-order valence-corrected chi connectivity index (χ4v) is 2.80. The third-order valence-electron chi connectivity index (χ3n) is 3.94. The Balaban J connectivity index is 2.02. The summed E-state index contributed by atoms with van der Waals surface area (Å²) in [6, 6.07) is 7.64. The molecule has 0 unspecified atom stereocenters. The van der Waals surface area contributed by atoms with Crippen molar-refractivity contribution in [3.05, 3.63) is 64.2 Å². The van der Waals surface area contributed by atoms with E-state index in [2.05, 4.69) is 5.32 Å². The number of carbonyl (C=O) groups excluding carboxylic acids is 1. The van der Waals surface area contributed by atoms with Crippen molar-refractivity contribution in [1.82, 2.24) is 5.32 Å². The Morgan fingerprint density at radius 3 is 2.25 bits per heavy atom. The lowest BCUT2D eigenvalue weighted by atomic mass is 10.0. The van der Waals surface area contributed by atoms with Crippen molar-refractivity contribution >= 4 is 23.5 Å². The Morgan fingerprint density at radius 1 is 1.14 bits per heavy atom. The molecule has 2 aromatic rings. The molecular weight excluding hydrogens is 399 g/mol. The van der Waals surface area contributed by atoms with Gasteiger partial charge in [0.05, 0.1) is 24.1 Å². The summed E-state index contributed by atoms with van der Waals surface area (Å²) in [6.07, 6.45) is -4.72. The first-order valence-electron chi connectivity index (χ1n) is 8.11. The number of benzene rings is 2. The summed E-state index contributed by atoms with van der Waals surface area (Å²) in [4.78, 5) is 23.6. The number of aliphatic carboxylic acids is 1. The lowest BCUT2D eigenvalue weighted by Crippen LogP contribution is -2.43. The largest absolute Gasteiger partial charge is 0.495 e. The summed E-state index contributed by atoms with van der Waals surface area (Å²) in [5.74, 6) is -1.43. The van der Waals surface area contributed by atoms with Gasteiger partial charge in [0.2, 0.25) is 5.91 Å². The molecule has 2 aromatic carbocycles. The molecule has 0 radical (unpaired) electrons. The van der Waals surface area contributed by atoms with Crippen LogP contribution in [0.5, 0.6) is 5.75 Å². The topological polar surface area (TPSA) is 75.6 Å². The molecule has 0 bridgehead atoms. The van der Waals surface area contributed by atoms with Crippen molar-refractivity contribution in [1.29, 1.82) is 0 Å². The van der Waals surface area contributed by atoms with Crippen LogP contribution in [0.25, 0.3) is 0 Å². The molecule has 28 heavy (non-hydrogen) atoms. The molecule has 9 heteroatoms. The number of methoxy groups -OCH3 is 1. The number of halogens is 4. The van der Waals surface area contributed by atoms with E-state index in [4.69, 9.17) is 16.3 Å². The fraction of sp³-hybridized carbons (Fsp3) is 0.263. The van der Waals surface area contributed by atoms with E-state index in [1.807, 2.05) is 0 Å². The molecule has 2 rings (SSSR count). The number of amides is 1. The van der Waals surface area contributed by atoms with E-state index in [1.165, 1.54) is 19.2 Å². The van der Waals surface area contributed by atoms with Gasteiger partial charge in [0, 0.05) is 6.42 Å². The SMILES string of the molecule is COc1ccc(C[C@@H](NC(=O)Cc2ccc(C(F)(F)F)cc2)C(=O)O)cc1Cl. The molecule has 0 saturated heterocycles. The lowest BCUT2D eigenvalue weighted by molar-refractivity contribution is -0.141. The van der Waals surface area contributed by atoms with Gasteiger partial charge in [-0.15, -0.1) is 0 Å². The zero-order valence-electron chi connectivity index (χ0n) is 14.7. The Labute approximate surface area is 164 Å². The van der Waals surface area contributed by atoms with E-state index < -0.39 is 29.7 Å². The van der Waals surface area contributed by atoms with E-state index in [0.29, 0.717) is 21.9 Å². The van der Waals surface area contributed by atoms with Crippen molar-refractivity contribution in [3.63, 3.8) is 0 Å². The molecule has 1 amide bonds. The zero-order chi connectivity index (χ0) is 20.9. The van der Waals surface area contributed by atoms with E-state index in [-0.39, 0.29) is 12.8 Å². The van der Waals surface area contributed by atoms with Gasteiger partial charge in [-0.3, -0.25) is 4.79 Å². The fourth-order valence-electron chi connectivity index (χ4n) is 2.51. The number of carboxylic acid groups (broad SMARTS) is 1. The molecule has 0 heterocycles. The van der Waals surface area contributed by atoms with Crippen molar-refractivity contribution in [2.24, 2.45) is 0 Å². The molecule has 1 atom stereocenters. The maximum absolute atomic E-state index is 12.6. The van der Waals surface area contributed by atoms with Crippen LogP contribution in [-0.2, 0) is 28.6 Å². The normalized spacial score (nSPS) is 12.3. The average Bonchev–Trinajstić information content (AvgIpc) is 2.61. The third kappa shape index (κ3) is 5.88. The molecule has 0 aliphatic carbocycles. The van der Waals surface area contributed by atoms with E-state index in [0.717, 1.165) is 12.1 Å². The van der Waals surface area contributed by atoms with Crippen LogP contribution in [0.4, 0.5) is 13.2 Å². The number of rotatable bonds is 7. The molecule has 0 spiro atoms. The zero-order valence-corrected chi connectivity index (χ0v) is 15.5. The van der Waals surface area contributed by atoms with Gasteiger partial charge in [0.15, 0.2) is 0 Å². The molecule has 0 aliphatic heterocycles. The van der Waals surface area contributed by atoms with Gasteiger partial charge in [-0.05, 0) is 35.4 Å². The van der Waals surface area contributed by atoms with Gasteiger partial charge < -0.3 is 15.2 Å². The summed E-state index contributed by atoms with van der Waals surface area (Å²) in [6.45, 7) is 0. The molecule has 0 saturated carbocycles. The Morgan fingerprint density at radius 2 is 1.75 bits per heavy atom. The monoisotopic (exact) mass is 415 g/mol. The molecular formula is C19H17ClF3NO4. The first-order chi connectivity index (χ1) is 13.1. The number of nitrogens with one attached hydrogen (secondary N) is 1. The molecule has 150 valence electrons. The molecule has 0 fully saturated rings. The number of ether oxygens (including phenoxy) is 1. The Hall–Kier alpha value is -2.74. The first-order valence-corrected chi connectivity index (χ1v) is 8.48. The summed E-state index contributed by atoms with van der Waals surface area (Å²) in [7, 11) is 1.45. The Kier molecular flexibility index (Phi) is 6.90. The number of carboxylic acids is 1. The van der Waals surface area contributed by atoms with E-state index in [9.17, 15) is 27.9 Å². The van der Waals surface area contributed by atoms with E-state index >= 15 is 0 Å². The quantitative estimate of drug-likeness (QED) is 0.722. The standard InChI is InChI=1S/C19H17ClF3NO4/c1-28-16-7-4-12(8-14(16)20)9-15(18(26)27)24-17(25)10-11-2-5-13(6-3-11)19(21,22)23/h2-8,15H,9-10H2,1H3,(H,24,25)(H,26,27)/t15-/m1/s1. The second-order valence-electron chi connectivity index (χ2n) is 6.00.